The van der Waals surface area contributed by atoms with Gasteiger partial charge in [-0.3, -0.25) is 4.79 Å². The number of nitrogens with zero attached hydrogens (tertiary/aromatic N) is 4. The Morgan fingerprint density at radius 1 is 1.26 bits per heavy atom. The summed E-state index contributed by atoms with van der Waals surface area (Å²) in [4.78, 5) is 18.6. The molecule has 0 aliphatic carbocycles. The summed E-state index contributed by atoms with van der Waals surface area (Å²) in [6.07, 6.45) is 6.37. The maximum Gasteiger partial charge on any atom is 0.222 e. The Bertz CT molecular complexity index is 747. The Morgan fingerprint density at radius 2 is 2.00 bits per heavy atom. The lowest BCUT2D eigenvalue weighted by Crippen LogP contribution is -2.45. The van der Waals surface area contributed by atoms with E-state index >= 15 is 0 Å². The number of nitrogens with one attached hydrogen (secondary N) is 1. The van der Waals surface area contributed by atoms with E-state index in [4.69, 9.17) is 0 Å². The Kier molecular flexibility index (Phi) is 6.26. The Labute approximate surface area is 162 Å². The molecule has 0 aromatic carbocycles. The Balaban J connectivity index is 1.57. The fourth-order valence-electron chi connectivity index (χ4n) is 3.77. The highest BCUT2D eigenvalue weighted by Crippen LogP contribution is 2.22. The SMILES string of the molecule is Cc1c(C(C)NC2CCN(C(=O)CC(C)C)CC2)cnn1-c1ccccn1. The van der Waals surface area contributed by atoms with Gasteiger partial charge in [-0.25, -0.2) is 9.67 Å². The first kappa shape index (κ1) is 19.5. The van der Waals surface area contributed by atoms with Crippen molar-refractivity contribution >= 4 is 5.91 Å². The second kappa shape index (κ2) is 8.65. The average Bonchev–Trinajstić information content (AvgIpc) is 3.04. The predicted molar refractivity (Wildman–Crippen MR) is 107 cm³/mol. The third-order valence-corrected chi connectivity index (χ3v) is 5.30. The number of hydrogen-bond acceptors (Lipinski definition) is 4. The van der Waals surface area contributed by atoms with E-state index in [2.05, 4.69) is 43.1 Å². The highest BCUT2D eigenvalue weighted by atomic mass is 16.2. The maximum absolute atomic E-state index is 12.2. The van der Waals surface area contributed by atoms with E-state index in [1.807, 2.05) is 34.0 Å². The van der Waals surface area contributed by atoms with Crippen LogP contribution in [0, 0.1) is 12.8 Å². The van der Waals surface area contributed by atoms with Crippen molar-refractivity contribution in [3.05, 3.63) is 41.9 Å². The Hall–Kier alpha value is -2.21. The molecule has 2 aromatic rings. The molecule has 6 heteroatoms. The van der Waals surface area contributed by atoms with Crippen molar-refractivity contribution < 1.29 is 4.79 Å². The summed E-state index contributed by atoms with van der Waals surface area (Å²) in [6, 6.07) is 6.49. The van der Waals surface area contributed by atoms with Crippen LogP contribution in [0.5, 0.6) is 0 Å². The molecule has 1 N–H and O–H groups in total. The van der Waals surface area contributed by atoms with Gasteiger partial charge in [0.1, 0.15) is 0 Å². The highest BCUT2D eigenvalue weighted by molar-refractivity contribution is 5.76. The number of rotatable bonds is 6. The van der Waals surface area contributed by atoms with Gasteiger partial charge in [0, 0.05) is 49.0 Å². The summed E-state index contributed by atoms with van der Waals surface area (Å²) in [6.45, 7) is 10.2. The third-order valence-electron chi connectivity index (χ3n) is 5.30. The van der Waals surface area contributed by atoms with Crippen LogP contribution < -0.4 is 5.32 Å². The van der Waals surface area contributed by atoms with E-state index in [9.17, 15) is 4.79 Å². The number of hydrogen-bond donors (Lipinski definition) is 1. The molecule has 1 amide bonds. The summed E-state index contributed by atoms with van der Waals surface area (Å²) in [5.74, 6) is 1.56. The second-order valence-electron chi connectivity index (χ2n) is 7.93. The molecular weight excluding hydrogens is 338 g/mol. The number of piperidine rings is 1. The predicted octanol–water partition coefficient (Wildman–Crippen LogP) is 3.26. The minimum Gasteiger partial charge on any atom is -0.343 e. The monoisotopic (exact) mass is 369 g/mol. The van der Waals surface area contributed by atoms with Crippen LogP contribution >= 0.6 is 0 Å². The van der Waals surface area contributed by atoms with Gasteiger partial charge in [0.05, 0.1) is 6.20 Å². The normalized spacial score (nSPS) is 16.7. The van der Waals surface area contributed by atoms with Crippen molar-refractivity contribution in [1.29, 1.82) is 0 Å². The van der Waals surface area contributed by atoms with Crippen LogP contribution in [0.1, 0.15) is 57.3 Å². The molecule has 1 aliphatic heterocycles. The van der Waals surface area contributed by atoms with Gasteiger partial charge in [-0.2, -0.15) is 5.10 Å². The number of pyridine rings is 1. The summed E-state index contributed by atoms with van der Waals surface area (Å²) < 4.78 is 1.89. The maximum atomic E-state index is 12.2. The molecule has 0 spiro atoms. The molecule has 3 heterocycles. The van der Waals surface area contributed by atoms with E-state index in [-0.39, 0.29) is 6.04 Å². The van der Waals surface area contributed by atoms with Crippen LogP contribution in [-0.4, -0.2) is 44.7 Å². The summed E-state index contributed by atoms with van der Waals surface area (Å²) in [5, 5.41) is 8.25. The van der Waals surface area contributed by atoms with E-state index < -0.39 is 0 Å². The van der Waals surface area contributed by atoms with Crippen LogP contribution in [0.3, 0.4) is 0 Å². The molecule has 2 aromatic heterocycles. The minimum absolute atomic E-state index is 0.213. The first-order valence-corrected chi connectivity index (χ1v) is 9.95. The smallest absolute Gasteiger partial charge is 0.222 e. The van der Waals surface area contributed by atoms with E-state index in [1.165, 1.54) is 5.56 Å². The number of carbonyl (C=O) groups is 1. The zero-order chi connectivity index (χ0) is 19.4. The topological polar surface area (TPSA) is 63.1 Å². The van der Waals surface area contributed by atoms with Crippen LogP contribution in [0.4, 0.5) is 0 Å². The van der Waals surface area contributed by atoms with E-state index in [0.717, 1.165) is 37.4 Å². The largest absolute Gasteiger partial charge is 0.343 e. The lowest BCUT2D eigenvalue weighted by atomic mass is 10.0. The van der Waals surface area contributed by atoms with Gasteiger partial charge < -0.3 is 10.2 Å². The number of likely N-dealkylation sites (tertiary alicyclic amines) is 1. The van der Waals surface area contributed by atoms with Gasteiger partial charge in [0.15, 0.2) is 5.82 Å². The molecule has 0 saturated carbocycles. The fraction of sp³-hybridized carbons (Fsp3) is 0.571. The molecule has 27 heavy (non-hydrogen) atoms. The molecule has 1 atom stereocenters. The van der Waals surface area contributed by atoms with Gasteiger partial charge in [-0.05, 0) is 44.7 Å². The second-order valence-corrected chi connectivity index (χ2v) is 7.93. The average molecular weight is 370 g/mol. The molecule has 1 aliphatic rings. The van der Waals surface area contributed by atoms with Crippen LogP contribution in [0.25, 0.3) is 5.82 Å². The van der Waals surface area contributed by atoms with Crippen LogP contribution in [0.15, 0.2) is 30.6 Å². The van der Waals surface area contributed by atoms with Crippen molar-refractivity contribution in [1.82, 2.24) is 25.0 Å². The zero-order valence-corrected chi connectivity index (χ0v) is 16.9. The number of carbonyl (C=O) groups excluding carboxylic acids is 1. The first-order valence-electron chi connectivity index (χ1n) is 9.95. The van der Waals surface area contributed by atoms with Crippen LogP contribution in [0.2, 0.25) is 0 Å². The van der Waals surface area contributed by atoms with Crippen LogP contribution in [-0.2, 0) is 4.79 Å². The zero-order valence-electron chi connectivity index (χ0n) is 16.9. The standard InChI is InChI=1S/C21H31N5O/c1-15(2)13-21(27)25-11-8-18(9-12-25)24-16(3)19-14-23-26(17(19)4)20-7-5-6-10-22-20/h5-7,10,14-16,18,24H,8-9,11-13H2,1-4H3. The Morgan fingerprint density at radius 3 is 2.63 bits per heavy atom. The number of amides is 1. The quantitative estimate of drug-likeness (QED) is 0.849. The summed E-state index contributed by atoms with van der Waals surface area (Å²) in [5.41, 5.74) is 2.30. The molecule has 0 radical (unpaired) electrons. The molecule has 1 saturated heterocycles. The number of aromatic nitrogens is 3. The lowest BCUT2D eigenvalue weighted by Gasteiger charge is -2.34. The summed E-state index contributed by atoms with van der Waals surface area (Å²) in [7, 11) is 0. The van der Waals surface area contributed by atoms with Crippen molar-refractivity contribution in [3.8, 4) is 5.82 Å². The summed E-state index contributed by atoms with van der Waals surface area (Å²) >= 11 is 0. The van der Waals surface area contributed by atoms with E-state index in [1.54, 1.807) is 6.20 Å². The van der Waals surface area contributed by atoms with E-state index in [0.29, 0.717) is 24.3 Å². The highest BCUT2D eigenvalue weighted by Gasteiger charge is 2.25. The van der Waals surface area contributed by atoms with Crippen molar-refractivity contribution in [2.24, 2.45) is 5.92 Å². The minimum atomic E-state index is 0.213. The lowest BCUT2D eigenvalue weighted by molar-refractivity contribution is -0.133. The van der Waals surface area contributed by atoms with Crippen molar-refractivity contribution in [2.45, 2.75) is 59.0 Å². The van der Waals surface area contributed by atoms with Gasteiger partial charge in [-0.15, -0.1) is 0 Å². The van der Waals surface area contributed by atoms with Gasteiger partial charge >= 0.3 is 0 Å². The third kappa shape index (κ3) is 4.75. The van der Waals surface area contributed by atoms with Gasteiger partial charge in [0.25, 0.3) is 0 Å². The first-order chi connectivity index (χ1) is 13.0. The van der Waals surface area contributed by atoms with Gasteiger partial charge in [-0.1, -0.05) is 19.9 Å². The molecule has 6 nitrogen and oxygen atoms in total. The molecule has 1 fully saturated rings. The fourth-order valence-corrected chi connectivity index (χ4v) is 3.77. The molecule has 1 unspecified atom stereocenters. The van der Waals surface area contributed by atoms with Gasteiger partial charge in [0.2, 0.25) is 5.91 Å². The molecule has 3 rings (SSSR count). The molecule has 146 valence electrons. The van der Waals surface area contributed by atoms with Crippen molar-refractivity contribution in [2.75, 3.05) is 13.1 Å². The molecular formula is C21H31N5O. The molecule has 0 bridgehead atoms. The van der Waals surface area contributed by atoms with Crippen molar-refractivity contribution in [3.63, 3.8) is 0 Å².